The molecule has 0 rings (SSSR count). The molecule has 0 aromatic heterocycles. The van der Waals surface area contributed by atoms with E-state index in [2.05, 4.69) is 0 Å². The first-order valence-electron chi connectivity index (χ1n) is 1.75. The third-order valence-electron chi connectivity index (χ3n) is 0.482. The van der Waals surface area contributed by atoms with Crippen molar-refractivity contribution in [3.63, 3.8) is 0 Å². The van der Waals surface area contributed by atoms with E-state index in [9.17, 15) is 0 Å². The summed E-state index contributed by atoms with van der Waals surface area (Å²) in [5, 5.41) is 10.0. The molecule has 0 amide bonds. The number of aliphatic hydroxyl groups is 1. The Hall–Kier alpha value is -0.0800. The van der Waals surface area contributed by atoms with Gasteiger partial charge < -0.3 is 10.4 Å². The predicted molar refractivity (Wildman–Crippen MR) is 19.5 cm³/mol. The van der Waals surface area contributed by atoms with Crippen molar-refractivity contribution >= 4 is 0 Å². The lowest BCUT2D eigenvalue weighted by atomic mass is 10.7. The Labute approximate surface area is 31.8 Å². The Morgan fingerprint density at radius 2 is 2.00 bits per heavy atom. The topological polar surface area (TPSA) is 36.8 Å². The molecule has 0 radical (unpaired) electrons. The Morgan fingerprint density at radius 1 is 1.80 bits per heavy atom. The van der Waals surface area contributed by atoms with Crippen LogP contribution in [-0.2, 0) is 0 Å². The fraction of sp³-hybridized carbons (Fsp3) is 1.00. The minimum atomic E-state index is -0.241. The van der Waals surface area contributed by atoms with Crippen molar-refractivity contribution in [2.75, 3.05) is 7.05 Å². The molecule has 3 N–H and O–H groups in total. The molecule has 0 saturated heterocycles. The number of nitrogens with two attached hydrogens (primary N) is 1. The first-order chi connectivity index (χ1) is 2.27. The van der Waals surface area contributed by atoms with Crippen LogP contribution in [0, 0.1) is 0 Å². The summed E-state index contributed by atoms with van der Waals surface area (Å²) < 4.78 is 0. The van der Waals surface area contributed by atoms with Crippen LogP contribution < -0.4 is 5.32 Å². The van der Waals surface area contributed by atoms with Gasteiger partial charge in [-0.05, 0) is 0 Å². The third-order valence-corrected chi connectivity index (χ3v) is 0.482. The molecule has 1 unspecified atom stereocenters. The van der Waals surface area contributed by atoms with Gasteiger partial charge in [-0.2, -0.15) is 0 Å². The number of aliphatic hydroxyl groups excluding tert-OH is 1. The van der Waals surface area contributed by atoms with Gasteiger partial charge in [0.2, 0.25) is 0 Å². The van der Waals surface area contributed by atoms with Crippen LogP contribution in [0.3, 0.4) is 0 Å². The van der Waals surface area contributed by atoms with E-state index in [-0.39, 0.29) is 6.23 Å². The molecule has 5 heavy (non-hydrogen) atoms. The molecule has 0 aliphatic carbocycles. The van der Waals surface area contributed by atoms with E-state index in [1.165, 1.54) is 0 Å². The molecular formula is C3H10NO+. The van der Waals surface area contributed by atoms with Gasteiger partial charge in [0.1, 0.15) is 0 Å². The van der Waals surface area contributed by atoms with E-state index in [0.717, 1.165) is 0 Å². The van der Waals surface area contributed by atoms with E-state index in [1.54, 1.807) is 12.2 Å². The highest BCUT2D eigenvalue weighted by Gasteiger charge is 1.83. The molecule has 0 aromatic rings. The van der Waals surface area contributed by atoms with Gasteiger partial charge in [0.25, 0.3) is 0 Å². The molecule has 0 aromatic carbocycles. The standard InChI is InChI=1S/C3H9NO/c1-3(5)4-2/h3-5H,1-2H3/p+1. The highest BCUT2D eigenvalue weighted by Crippen LogP contribution is 1.47. The molecule has 0 spiro atoms. The van der Waals surface area contributed by atoms with Gasteiger partial charge in [0.15, 0.2) is 6.23 Å². The van der Waals surface area contributed by atoms with Crippen LogP contribution in [0.1, 0.15) is 6.92 Å². The number of hydrogen-bond acceptors (Lipinski definition) is 1. The maximum Gasteiger partial charge on any atom is 0.184 e. The van der Waals surface area contributed by atoms with Crippen LogP contribution in [0.15, 0.2) is 0 Å². The summed E-state index contributed by atoms with van der Waals surface area (Å²) in [7, 11) is 1.82. The average molecular weight is 76.1 g/mol. The van der Waals surface area contributed by atoms with Gasteiger partial charge in [-0.15, -0.1) is 0 Å². The minimum absolute atomic E-state index is 0.241. The van der Waals surface area contributed by atoms with E-state index in [4.69, 9.17) is 5.11 Å². The third kappa shape index (κ3) is 3.92. The number of quaternary nitrogens is 1. The molecule has 0 saturated carbocycles. The fourth-order valence-electron chi connectivity index (χ4n) is 0. The maximum atomic E-state index is 8.31. The Bertz CT molecular complexity index is 20.9. The van der Waals surface area contributed by atoms with Crippen molar-refractivity contribution in [2.45, 2.75) is 13.2 Å². The van der Waals surface area contributed by atoms with Crippen molar-refractivity contribution < 1.29 is 10.4 Å². The van der Waals surface area contributed by atoms with Crippen molar-refractivity contribution in [1.82, 2.24) is 0 Å². The molecule has 0 bridgehead atoms. The zero-order chi connectivity index (χ0) is 4.28. The summed E-state index contributed by atoms with van der Waals surface area (Å²) in [6, 6.07) is 0. The highest BCUT2D eigenvalue weighted by atomic mass is 16.3. The number of hydrogen-bond donors (Lipinski definition) is 2. The molecule has 0 aliphatic heterocycles. The number of rotatable bonds is 1. The fourth-order valence-corrected chi connectivity index (χ4v) is 0. The normalized spacial score (nSPS) is 15.0. The Balaban J connectivity index is 2.54. The SMILES string of the molecule is C[NH2+]C(C)O. The van der Waals surface area contributed by atoms with E-state index in [0.29, 0.717) is 0 Å². The lowest BCUT2D eigenvalue weighted by Crippen LogP contribution is -2.85. The van der Waals surface area contributed by atoms with Gasteiger partial charge in [0.05, 0.1) is 7.05 Å². The van der Waals surface area contributed by atoms with Crippen LogP contribution in [0.4, 0.5) is 0 Å². The largest absolute Gasteiger partial charge is 0.345 e. The second kappa shape index (κ2) is 2.18. The quantitative estimate of drug-likeness (QED) is 0.367. The van der Waals surface area contributed by atoms with Gasteiger partial charge in [-0.1, -0.05) is 0 Å². The molecular weight excluding hydrogens is 66.0 g/mol. The van der Waals surface area contributed by atoms with Crippen LogP contribution in [0.25, 0.3) is 0 Å². The molecule has 1 atom stereocenters. The predicted octanol–water partition coefficient (Wildman–Crippen LogP) is -1.48. The lowest BCUT2D eigenvalue weighted by Gasteiger charge is -1.91. The maximum absolute atomic E-state index is 8.31. The van der Waals surface area contributed by atoms with E-state index in [1.807, 2.05) is 7.05 Å². The minimum Gasteiger partial charge on any atom is -0.345 e. The summed E-state index contributed by atoms with van der Waals surface area (Å²) in [5.74, 6) is 0. The first-order valence-corrected chi connectivity index (χ1v) is 1.75. The first kappa shape index (κ1) is 4.92. The molecule has 0 aliphatic rings. The highest BCUT2D eigenvalue weighted by molar-refractivity contribution is 4.02. The van der Waals surface area contributed by atoms with E-state index >= 15 is 0 Å². The van der Waals surface area contributed by atoms with Crippen molar-refractivity contribution in [3.05, 3.63) is 0 Å². The van der Waals surface area contributed by atoms with Gasteiger partial charge in [-0.3, -0.25) is 0 Å². The molecule has 2 heteroatoms. The molecule has 0 fully saturated rings. The summed E-state index contributed by atoms with van der Waals surface area (Å²) in [5.41, 5.74) is 0. The molecule has 0 heterocycles. The molecule has 32 valence electrons. The zero-order valence-corrected chi connectivity index (χ0v) is 3.60. The lowest BCUT2D eigenvalue weighted by molar-refractivity contribution is -0.696. The van der Waals surface area contributed by atoms with Gasteiger partial charge in [-0.25, -0.2) is 0 Å². The summed E-state index contributed by atoms with van der Waals surface area (Å²) in [4.78, 5) is 0. The smallest absolute Gasteiger partial charge is 0.184 e. The van der Waals surface area contributed by atoms with Crippen molar-refractivity contribution in [2.24, 2.45) is 0 Å². The van der Waals surface area contributed by atoms with Crippen LogP contribution in [0.5, 0.6) is 0 Å². The monoisotopic (exact) mass is 76.1 g/mol. The van der Waals surface area contributed by atoms with E-state index < -0.39 is 0 Å². The Kier molecular flexibility index (Phi) is 2.14. The second-order valence-corrected chi connectivity index (χ2v) is 1.07. The summed E-state index contributed by atoms with van der Waals surface area (Å²) in [6.45, 7) is 1.72. The van der Waals surface area contributed by atoms with Gasteiger partial charge in [0, 0.05) is 6.92 Å². The van der Waals surface area contributed by atoms with Crippen LogP contribution in [0.2, 0.25) is 0 Å². The summed E-state index contributed by atoms with van der Waals surface area (Å²) in [6.07, 6.45) is -0.241. The second-order valence-electron chi connectivity index (χ2n) is 1.07. The van der Waals surface area contributed by atoms with Gasteiger partial charge >= 0.3 is 0 Å². The average Bonchev–Trinajstić information content (AvgIpc) is 1.38. The van der Waals surface area contributed by atoms with Crippen molar-refractivity contribution in [3.8, 4) is 0 Å². The summed E-state index contributed by atoms with van der Waals surface area (Å²) >= 11 is 0. The van der Waals surface area contributed by atoms with Crippen LogP contribution >= 0.6 is 0 Å². The molecule has 2 nitrogen and oxygen atoms in total. The zero-order valence-electron chi connectivity index (χ0n) is 3.60. The van der Waals surface area contributed by atoms with Crippen molar-refractivity contribution in [1.29, 1.82) is 0 Å². The van der Waals surface area contributed by atoms with Crippen LogP contribution in [-0.4, -0.2) is 18.4 Å². The Morgan fingerprint density at radius 3 is 2.00 bits per heavy atom.